The predicted octanol–water partition coefficient (Wildman–Crippen LogP) is 4.33. The molecule has 0 saturated heterocycles. The minimum Gasteiger partial charge on any atom is -0.374 e. The van der Waals surface area contributed by atoms with Crippen LogP contribution < -0.4 is 4.90 Å². The zero-order valence-electron chi connectivity index (χ0n) is 12.3. The van der Waals surface area contributed by atoms with E-state index in [1.54, 1.807) is 0 Å². The molecule has 0 saturated carbocycles. The number of hydrogen-bond donors (Lipinski definition) is 0. The third-order valence-electron chi connectivity index (χ3n) is 3.65. The molecule has 0 radical (unpaired) electrons. The van der Waals surface area contributed by atoms with Crippen LogP contribution in [0, 0.1) is 28.6 Å². The molecule has 110 valence electrons. The largest absolute Gasteiger partial charge is 0.374 e. The Balaban J connectivity index is 2.25. The summed E-state index contributed by atoms with van der Waals surface area (Å²) >= 11 is 3.42. The van der Waals surface area contributed by atoms with Gasteiger partial charge in [0.2, 0.25) is 0 Å². The van der Waals surface area contributed by atoms with Gasteiger partial charge in [-0.1, -0.05) is 46.3 Å². The number of anilines is 1. The second-order valence-corrected chi connectivity index (χ2v) is 6.03. The van der Waals surface area contributed by atoms with Crippen LogP contribution in [0.1, 0.15) is 11.5 Å². The van der Waals surface area contributed by atoms with Crippen molar-refractivity contribution in [2.75, 3.05) is 18.5 Å². The lowest BCUT2D eigenvalue weighted by molar-refractivity contribution is 0.604. The minimum absolute atomic E-state index is 0.148. The van der Waals surface area contributed by atoms with Crippen LogP contribution in [0.2, 0.25) is 0 Å². The molecular weight excluding hydrogens is 338 g/mol. The molecule has 0 aromatic heterocycles. The van der Waals surface area contributed by atoms with Gasteiger partial charge in [0.15, 0.2) is 0 Å². The number of nitriles is 2. The fourth-order valence-electron chi connectivity index (χ4n) is 2.41. The van der Waals surface area contributed by atoms with Gasteiger partial charge in [-0.05, 0) is 29.8 Å². The summed E-state index contributed by atoms with van der Waals surface area (Å²) in [6, 6.07) is 22.0. The van der Waals surface area contributed by atoms with E-state index in [9.17, 15) is 10.5 Å². The minimum atomic E-state index is -0.666. The zero-order valence-corrected chi connectivity index (χ0v) is 13.9. The average molecular weight is 354 g/mol. The molecule has 3 nitrogen and oxygen atoms in total. The molecule has 1 atom stereocenters. The van der Waals surface area contributed by atoms with Crippen molar-refractivity contribution >= 4 is 21.6 Å². The summed E-state index contributed by atoms with van der Waals surface area (Å²) in [5, 5.41) is 18.6. The molecule has 0 aliphatic rings. The predicted molar refractivity (Wildman–Crippen MR) is 91.3 cm³/mol. The van der Waals surface area contributed by atoms with Crippen molar-refractivity contribution in [3.63, 3.8) is 0 Å². The van der Waals surface area contributed by atoms with E-state index in [1.165, 1.54) is 0 Å². The van der Waals surface area contributed by atoms with Gasteiger partial charge in [-0.25, -0.2) is 0 Å². The average Bonchev–Trinajstić information content (AvgIpc) is 2.56. The standard InChI is InChI=1S/C18H16BrN3/c1-22(17-9-7-16(19)8-10-17)13-18(15(11-20)12-21)14-5-3-2-4-6-14/h2-10,15,18H,13H2,1H3. The molecule has 0 aliphatic heterocycles. The molecule has 22 heavy (non-hydrogen) atoms. The Morgan fingerprint density at radius 1 is 1.00 bits per heavy atom. The molecule has 0 amide bonds. The molecule has 0 aliphatic carbocycles. The van der Waals surface area contributed by atoms with Gasteiger partial charge in [0.25, 0.3) is 0 Å². The molecule has 2 aromatic carbocycles. The van der Waals surface area contributed by atoms with Crippen LogP contribution in [-0.4, -0.2) is 13.6 Å². The lowest BCUT2D eigenvalue weighted by Crippen LogP contribution is -2.27. The Kier molecular flexibility index (Phi) is 5.58. The Labute approximate surface area is 139 Å². The van der Waals surface area contributed by atoms with Crippen molar-refractivity contribution in [1.82, 2.24) is 0 Å². The second kappa shape index (κ2) is 7.64. The fourth-order valence-corrected chi connectivity index (χ4v) is 2.67. The normalized spacial score (nSPS) is 11.5. The van der Waals surface area contributed by atoms with Gasteiger partial charge in [0, 0.05) is 29.7 Å². The first kappa shape index (κ1) is 16.1. The summed E-state index contributed by atoms with van der Waals surface area (Å²) in [6.45, 7) is 0.609. The van der Waals surface area contributed by atoms with Crippen molar-refractivity contribution in [2.45, 2.75) is 5.92 Å². The lowest BCUT2D eigenvalue weighted by Gasteiger charge is -2.26. The van der Waals surface area contributed by atoms with Gasteiger partial charge in [0.05, 0.1) is 12.1 Å². The highest BCUT2D eigenvalue weighted by Gasteiger charge is 2.24. The van der Waals surface area contributed by atoms with E-state index >= 15 is 0 Å². The first-order valence-corrected chi connectivity index (χ1v) is 7.76. The highest BCUT2D eigenvalue weighted by atomic mass is 79.9. The van der Waals surface area contributed by atoms with Crippen LogP contribution in [0.5, 0.6) is 0 Å². The number of nitrogens with zero attached hydrogens (tertiary/aromatic N) is 3. The Hall–Kier alpha value is -2.30. The van der Waals surface area contributed by atoms with E-state index in [-0.39, 0.29) is 5.92 Å². The number of hydrogen-bond acceptors (Lipinski definition) is 3. The van der Waals surface area contributed by atoms with Crippen LogP contribution in [0.3, 0.4) is 0 Å². The summed E-state index contributed by atoms with van der Waals surface area (Å²) in [5.74, 6) is -0.815. The molecule has 0 heterocycles. The van der Waals surface area contributed by atoms with E-state index < -0.39 is 5.92 Å². The Morgan fingerprint density at radius 2 is 1.59 bits per heavy atom. The third kappa shape index (κ3) is 3.87. The van der Waals surface area contributed by atoms with Crippen molar-refractivity contribution < 1.29 is 0 Å². The SMILES string of the molecule is CN(CC(c1ccccc1)C(C#N)C#N)c1ccc(Br)cc1. The van der Waals surface area contributed by atoms with Crippen molar-refractivity contribution in [1.29, 1.82) is 10.5 Å². The first-order chi connectivity index (χ1) is 10.7. The van der Waals surface area contributed by atoms with Crippen molar-refractivity contribution in [3.05, 3.63) is 64.6 Å². The van der Waals surface area contributed by atoms with Crippen LogP contribution in [-0.2, 0) is 0 Å². The maximum absolute atomic E-state index is 9.28. The molecule has 0 bridgehead atoms. The van der Waals surface area contributed by atoms with Gasteiger partial charge in [-0.2, -0.15) is 10.5 Å². The van der Waals surface area contributed by atoms with Gasteiger partial charge in [-0.15, -0.1) is 0 Å². The van der Waals surface area contributed by atoms with Crippen LogP contribution in [0.4, 0.5) is 5.69 Å². The topological polar surface area (TPSA) is 50.8 Å². The summed E-state index contributed by atoms with van der Waals surface area (Å²) in [4.78, 5) is 2.08. The van der Waals surface area contributed by atoms with Crippen LogP contribution in [0.15, 0.2) is 59.1 Å². The quantitative estimate of drug-likeness (QED) is 0.803. The van der Waals surface area contributed by atoms with Gasteiger partial charge < -0.3 is 4.90 Å². The molecule has 0 N–H and O–H groups in total. The molecule has 0 fully saturated rings. The first-order valence-electron chi connectivity index (χ1n) is 6.96. The summed E-state index contributed by atoms with van der Waals surface area (Å²) in [6.07, 6.45) is 0. The number of benzene rings is 2. The fraction of sp³-hybridized carbons (Fsp3) is 0.222. The Morgan fingerprint density at radius 3 is 2.14 bits per heavy atom. The van der Waals surface area contributed by atoms with Crippen molar-refractivity contribution in [3.8, 4) is 12.1 Å². The maximum atomic E-state index is 9.28. The van der Waals surface area contributed by atoms with E-state index in [1.807, 2.05) is 61.6 Å². The molecule has 2 aromatic rings. The molecular formula is C18H16BrN3. The number of rotatable bonds is 5. The third-order valence-corrected chi connectivity index (χ3v) is 4.17. The monoisotopic (exact) mass is 353 g/mol. The maximum Gasteiger partial charge on any atom is 0.141 e. The zero-order chi connectivity index (χ0) is 15.9. The lowest BCUT2D eigenvalue weighted by atomic mass is 9.87. The molecule has 2 rings (SSSR count). The smallest absolute Gasteiger partial charge is 0.141 e. The summed E-state index contributed by atoms with van der Waals surface area (Å²) < 4.78 is 1.02. The van der Waals surface area contributed by atoms with E-state index in [2.05, 4.69) is 33.0 Å². The van der Waals surface area contributed by atoms with E-state index in [0.29, 0.717) is 6.54 Å². The summed E-state index contributed by atoms with van der Waals surface area (Å²) in [5.41, 5.74) is 2.07. The van der Waals surface area contributed by atoms with Gasteiger partial charge in [-0.3, -0.25) is 0 Å². The highest BCUT2D eigenvalue weighted by molar-refractivity contribution is 9.10. The van der Waals surface area contributed by atoms with Gasteiger partial charge in [0.1, 0.15) is 5.92 Å². The highest BCUT2D eigenvalue weighted by Crippen LogP contribution is 2.27. The van der Waals surface area contributed by atoms with Crippen LogP contribution in [0.25, 0.3) is 0 Å². The van der Waals surface area contributed by atoms with Gasteiger partial charge >= 0.3 is 0 Å². The second-order valence-electron chi connectivity index (χ2n) is 5.11. The number of likely N-dealkylation sites (N-methyl/N-ethyl adjacent to an activating group) is 1. The van der Waals surface area contributed by atoms with Crippen LogP contribution >= 0.6 is 15.9 Å². The van der Waals surface area contributed by atoms with E-state index in [0.717, 1.165) is 15.7 Å². The molecule has 0 spiro atoms. The Bertz CT molecular complexity index is 669. The molecule has 4 heteroatoms. The summed E-state index contributed by atoms with van der Waals surface area (Å²) in [7, 11) is 1.98. The number of halogens is 1. The molecule has 1 unspecified atom stereocenters. The van der Waals surface area contributed by atoms with E-state index in [4.69, 9.17) is 0 Å². The van der Waals surface area contributed by atoms with Crippen molar-refractivity contribution in [2.24, 2.45) is 5.92 Å².